The van der Waals surface area contributed by atoms with E-state index in [1.165, 1.54) is 11.8 Å². The van der Waals surface area contributed by atoms with Crippen molar-refractivity contribution >= 4 is 57.1 Å². The second-order valence-electron chi connectivity index (χ2n) is 8.17. The average molecular weight is 490 g/mol. The highest BCUT2D eigenvalue weighted by Crippen LogP contribution is 2.34. The fourth-order valence-corrected chi connectivity index (χ4v) is 5.44. The van der Waals surface area contributed by atoms with Crippen molar-refractivity contribution in [3.05, 3.63) is 39.5 Å². The quantitative estimate of drug-likeness (QED) is 0.277. The lowest BCUT2D eigenvalue weighted by Crippen LogP contribution is -2.30. The largest absolute Gasteiger partial charge is 0.465 e. The molecule has 3 aromatic rings. The van der Waals surface area contributed by atoms with Crippen LogP contribution in [0.1, 0.15) is 19.8 Å². The first-order chi connectivity index (χ1) is 15.9. The third-order valence-electron chi connectivity index (χ3n) is 6.02. The predicted molar refractivity (Wildman–Crippen MR) is 134 cm³/mol. The number of ether oxygens (including phenoxy) is 2. The third-order valence-corrected chi connectivity index (χ3v) is 7.27. The SMILES string of the molecule is CCOC(=O)Cn1c2nc(N(C)CC3CCOCC3)ccc2c(=O)c2ccc(Cl)c(SC)c21. The maximum Gasteiger partial charge on any atom is 0.326 e. The zero-order valence-electron chi connectivity index (χ0n) is 19.1. The molecule has 0 spiro atoms. The number of benzene rings is 1. The Morgan fingerprint density at radius 2 is 2.00 bits per heavy atom. The number of pyridine rings is 2. The van der Waals surface area contributed by atoms with Gasteiger partial charge >= 0.3 is 5.97 Å². The van der Waals surface area contributed by atoms with Crippen molar-refractivity contribution in [2.75, 3.05) is 44.6 Å². The molecule has 0 saturated carbocycles. The van der Waals surface area contributed by atoms with Gasteiger partial charge in [-0.3, -0.25) is 9.59 Å². The Morgan fingerprint density at radius 1 is 1.27 bits per heavy atom. The first-order valence-corrected chi connectivity index (χ1v) is 12.7. The van der Waals surface area contributed by atoms with E-state index >= 15 is 0 Å². The van der Waals surface area contributed by atoms with Crippen LogP contribution in [-0.2, 0) is 20.8 Å². The lowest BCUT2D eigenvalue weighted by molar-refractivity contribution is -0.143. The van der Waals surface area contributed by atoms with Gasteiger partial charge in [-0.25, -0.2) is 4.98 Å². The average Bonchev–Trinajstić information content (AvgIpc) is 2.82. The van der Waals surface area contributed by atoms with Crippen molar-refractivity contribution < 1.29 is 14.3 Å². The molecule has 0 amide bonds. The number of hydrogen-bond donors (Lipinski definition) is 0. The molecule has 0 radical (unpaired) electrons. The fraction of sp³-hybridized carbons (Fsp3) is 0.458. The molecule has 3 heterocycles. The van der Waals surface area contributed by atoms with E-state index in [4.69, 9.17) is 26.1 Å². The highest BCUT2D eigenvalue weighted by Gasteiger charge is 2.21. The number of carbonyl (C=O) groups is 1. The number of carbonyl (C=O) groups excluding carboxylic acids is 1. The highest BCUT2D eigenvalue weighted by molar-refractivity contribution is 7.99. The van der Waals surface area contributed by atoms with E-state index < -0.39 is 5.97 Å². The standard InChI is InChI=1S/C24H28ClN3O4S/c1-4-32-20(29)14-28-21-16(5-7-18(25)23(21)33-3)22(30)17-6-8-19(26-24(17)28)27(2)13-15-9-11-31-12-10-15/h5-8,15H,4,9-14H2,1-3H3. The first kappa shape index (κ1) is 23.9. The Bertz CT molecular complexity index is 1240. The zero-order chi connectivity index (χ0) is 23.5. The Labute approximate surface area is 202 Å². The molecule has 1 saturated heterocycles. The molecule has 0 atom stereocenters. The number of anilines is 1. The number of thioether (sulfide) groups is 1. The molecular weight excluding hydrogens is 462 g/mol. The van der Waals surface area contributed by atoms with E-state index in [-0.39, 0.29) is 18.6 Å². The second-order valence-corrected chi connectivity index (χ2v) is 9.40. The molecular formula is C24H28ClN3O4S. The topological polar surface area (TPSA) is 73.7 Å². The summed E-state index contributed by atoms with van der Waals surface area (Å²) >= 11 is 7.91. The molecule has 1 aliphatic rings. The van der Waals surface area contributed by atoms with Gasteiger partial charge in [0.05, 0.1) is 27.4 Å². The minimum Gasteiger partial charge on any atom is -0.465 e. The molecule has 2 aromatic heterocycles. The smallest absolute Gasteiger partial charge is 0.326 e. The number of rotatable bonds is 7. The van der Waals surface area contributed by atoms with Crippen molar-refractivity contribution in [3.63, 3.8) is 0 Å². The van der Waals surface area contributed by atoms with Gasteiger partial charge in [-0.15, -0.1) is 11.8 Å². The predicted octanol–water partition coefficient (Wildman–Crippen LogP) is 4.35. The van der Waals surface area contributed by atoms with Crippen LogP contribution in [0.3, 0.4) is 0 Å². The van der Waals surface area contributed by atoms with Crippen LogP contribution in [0.2, 0.25) is 5.02 Å². The number of nitrogens with zero attached hydrogens (tertiary/aromatic N) is 3. The maximum atomic E-state index is 13.4. The van der Waals surface area contributed by atoms with Crippen LogP contribution in [0.5, 0.6) is 0 Å². The number of aromatic nitrogens is 2. The van der Waals surface area contributed by atoms with E-state index in [9.17, 15) is 9.59 Å². The summed E-state index contributed by atoms with van der Waals surface area (Å²) in [4.78, 5) is 33.6. The van der Waals surface area contributed by atoms with Crippen LogP contribution in [0.4, 0.5) is 5.82 Å². The van der Waals surface area contributed by atoms with Crippen molar-refractivity contribution in [2.24, 2.45) is 5.92 Å². The van der Waals surface area contributed by atoms with Crippen LogP contribution in [0.15, 0.2) is 34.0 Å². The lowest BCUT2D eigenvalue weighted by atomic mass is 10.00. The molecule has 0 unspecified atom stereocenters. The molecule has 4 rings (SSSR count). The van der Waals surface area contributed by atoms with Gasteiger partial charge in [0, 0.05) is 32.2 Å². The highest BCUT2D eigenvalue weighted by atomic mass is 35.5. The molecule has 0 N–H and O–H groups in total. The van der Waals surface area contributed by atoms with Gasteiger partial charge in [0.2, 0.25) is 0 Å². The van der Waals surface area contributed by atoms with Crippen molar-refractivity contribution in [2.45, 2.75) is 31.2 Å². The number of esters is 1. The van der Waals surface area contributed by atoms with Crippen LogP contribution in [0.25, 0.3) is 21.9 Å². The number of halogens is 1. The Balaban J connectivity index is 1.90. The van der Waals surface area contributed by atoms with Crippen molar-refractivity contribution in [1.29, 1.82) is 0 Å². The summed E-state index contributed by atoms with van der Waals surface area (Å²) in [5.41, 5.74) is 0.935. The summed E-state index contributed by atoms with van der Waals surface area (Å²) in [6.45, 7) is 4.40. The van der Waals surface area contributed by atoms with E-state index in [0.717, 1.165) is 43.3 Å². The molecule has 1 aromatic carbocycles. The van der Waals surface area contributed by atoms with Crippen molar-refractivity contribution in [1.82, 2.24) is 9.55 Å². The van der Waals surface area contributed by atoms with E-state index in [1.54, 1.807) is 29.7 Å². The Morgan fingerprint density at radius 3 is 2.70 bits per heavy atom. The third kappa shape index (κ3) is 4.83. The summed E-state index contributed by atoms with van der Waals surface area (Å²) in [5.74, 6) is 0.887. The van der Waals surface area contributed by atoms with Crippen LogP contribution >= 0.6 is 23.4 Å². The van der Waals surface area contributed by atoms with Gasteiger partial charge in [0.1, 0.15) is 18.0 Å². The molecule has 0 bridgehead atoms. The van der Waals surface area contributed by atoms with E-state index in [1.807, 2.05) is 19.4 Å². The maximum absolute atomic E-state index is 13.4. The molecule has 1 fully saturated rings. The van der Waals surface area contributed by atoms with Gasteiger partial charge in [0.15, 0.2) is 5.43 Å². The monoisotopic (exact) mass is 489 g/mol. The van der Waals surface area contributed by atoms with Crippen LogP contribution in [-0.4, -0.2) is 55.2 Å². The summed E-state index contributed by atoms with van der Waals surface area (Å²) < 4.78 is 12.5. The summed E-state index contributed by atoms with van der Waals surface area (Å²) in [6, 6.07) is 7.11. The zero-order valence-corrected chi connectivity index (χ0v) is 20.7. The molecule has 0 aliphatic carbocycles. The molecule has 176 valence electrons. The van der Waals surface area contributed by atoms with Crippen LogP contribution < -0.4 is 10.3 Å². The molecule has 9 heteroatoms. The van der Waals surface area contributed by atoms with Gasteiger partial charge in [-0.05, 0) is 56.2 Å². The van der Waals surface area contributed by atoms with Crippen molar-refractivity contribution in [3.8, 4) is 0 Å². The minimum atomic E-state index is -0.390. The van der Waals surface area contributed by atoms with Gasteiger partial charge in [-0.2, -0.15) is 0 Å². The lowest BCUT2D eigenvalue weighted by Gasteiger charge is -2.28. The number of fused-ring (bicyclic) bond motifs is 2. The minimum absolute atomic E-state index is 0.0604. The Hall–Kier alpha value is -2.29. The summed E-state index contributed by atoms with van der Waals surface area (Å²) in [5, 5.41) is 1.49. The summed E-state index contributed by atoms with van der Waals surface area (Å²) in [7, 11) is 2.00. The molecule has 7 nitrogen and oxygen atoms in total. The Kier molecular flexibility index (Phi) is 7.46. The van der Waals surface area contributed by atoms with Gasteiger partial charge in [-0.1, -0.05) is 11.6 Å². The summed E-state index contributed by atoms with van der Waals surface area (Å²) in [6.07, 6.45) is 3.94. The van der Waals surface area contributed by atoms with E-state index in [2.05, 4.69) is 4.90 Å². The van der Waals surface area contributed by atoms with E-state index in [0.29, 0.717) is 32.9 Å². The normalized spacial score (nSPS) is 14.7. The van der Waals surface area contributed by atoms with Gasteiger partial charge < -0.3 is 18.9 Å². The van der Waals surface area contributed by atoms with Gasteiger partial charge in [0.25, 0.3) is 0 Å². The van der Waals surface area contributed by atoms with Crippen LogP contribution in [0, 0.1) is 5.92 Å². The fourth-order valence-electron chi connectivity index (χ4n) is 4.38. The molecule has 1 aliphatic heterocycles. The number of hydrogen-bond acceptors (Lipinski definition) is 7. The first-order valence-electron chi connectivity index (χ1n) is 11.1. The molecule has 33 heavy (non-hydrogen) atoms. The second kappa shape index (κ2) is 10.3.